The van der Waals surface area contributed by atoms with Crippen molar-refractivity contribution in [3.8, 4) is 0 Å². The standard InChI is InChI=1S/C10H15N/c1-3-9(2)10-6-4-5-7-11-8-10/h4-5,7-9H,3,6H2,1-2H3/t9-/m1/s1. The third-order valence-corrected chi connectivity index (χ3v) is 2.15. The van der Waals surface area contributed by atoms with Gasteiger partial charge in [0.05, 0.1) is 0 Å². The summed E-state index contributed by atoms with van der Waals surface area (Å²) in [5.41, 5.74) is 1.44. The smallest absolute Gasteiger partial charge is 0.0265 e. The van der Waals surface area contributed by atoms with Gasteiger partial charge in [-0.15, -0.1) is 0 Å². The normalized spacial score (nSPS) is 19.3. The zero-order valence-corrected chi connectivity index (χ0v) is 7.25. The van der Waals surface area contributed by atoms with Crippen molar-refractivity contribution in [2.45, 2.75) is 26.7 Å². The second kappa shape index (κ2) is 4.12. The van der Waals surface area contributed by atoms with Crippen molar-refractivity contribution in [2.24, 2.45) is 10.9 Å². The van der Waals surface area contributed by atoms with E-state index >= 15 is 0 Å². The Balaban J connectivity index is 2.64. The first kappa shape index (κ1) is 8.25. The fourth-order valence-electron chi connectivity index (χ4n) is 1.10. The van der Waals surface area contributed by atoms with Gasteiger partial charge < -0.3 is 0 Å². The highest BCUT2D eigenvalue weighted by Crippen LogP contribution is 2.19. The summed E-state index contributed by atoms with van der Waals surface area (Å²) in [4.78, 5) is 4.15. The summed E-state index contributed by atoms with van der Waals surface area (Å²) in [5, 5.41) is 0. The van der Waals surface area contributed by atoms with Gasteiger partial charge in [-0.3, -0.25) is 4.99 Å². The lowest BCUT2D eigenvalue weighted by molar-refractivity contribution is 0.640. The molecule has 1 aliphatic rings. The highest BCUT2D eigenvalue weighted by Gasteiger charge is 2.04. The van der Waals surface area contributed by atoms with Crippen LogP contribution in [0.3, 0.4) is 0 Å². The van der Waals surface area contributed by atoms with Crippen molar-refractivity contribution in [3.05, 3.63) is 23.9 Å². The molecule has 0 amide bonds. The first-order valence-corrected chi connectivity index (χ1v) is 4.21. The van der Waals surface area contributed by atoms with Crippen LogP contribution < -0.4 is 0 Å². The SMILES string of the molecule is CC[C@@H](C)C1=CN=CC=CC1. The molecule has 0 radical (unpaired) electrons. The molecule has 0 aromatic rings. The van der Waals surface area contributed by atoms with Crippen molar-refractivity contribution in [1.82, 2.24) is 0 Å². The van der Waals surface area contributed by atoms with Crippen molar-refractivity contribution < 1.29 is 0 Å². The van der Waals surface area contributed by atoms with E-state index in [1.54, 1.807) is 0 Å². The molecule has 1 nitrogen and oxygen atoms in total. The molecule has 0 fully saturated rings. The van der Waals surface area contributed by atoms with E-state index < -0.39 is 0 Å². The fourth-order valence-corrected chi connectivity index (χ4v) is 1.10. The topological polar surface area (TPSA) is 12.4 Å². The molecule has 0 saturated carbocycles. The van der Waals surface area contributed by atoms with Crippen LogP contribution in [0.4, 0.5) is 0 Å². The molecule has 0 unspecified atom stereocenters. The number of aliphatic imine (C=N–C) groups is 1. The molecule has 11 heavy (non-hydrogen) atoms. The Hall–Kier alpha value is -0.850. The Morgan fingerprint density at radius 1 is 1.64 bits per heavy atom. The lowest BCUT2D eigenvalue weighted by Gasteiger charge is -2.09. The molecule has 0 N–H and O–H groups in total. The molecule has 0 saturated heterocycles. The molecule has 60 valence electrons. The van der Waals surface area contributed by atoms with E-state index in [0.29, 0.717) is 5.92 Å². The molecule has 1 atom stereocenters. The van der Waals surface area contributed by atoms with Gasteiger partial charge in [-0.05, 0) is 30.4 Å². The Kier molecular flexibility index (Phi) is 3.09. The molecule has 1 heteroatoms. The average molecular weight is 149 g/mol. The first-order chi connectivity index (χ1) is 5.34. The van der Waals surface area contributed by atoms with E-state index in [-0.39, 0.29) is 0 Å². The van der Waals surface area contributed by atoms with Crippen molar-refractivity contribution >= 4 is 6.21 Å². The first-order valence-electron chi connectivity index (χ1n) is 4.21. The summed E-state index contributed by atoms with van der Waals surface area (Å²) in [5.74, 6) is 0.676. The Morgan fingerprint density at radius 3 is 3.18 bits per heavy atom. The lowest BCUT2D eigenvalue weighted by Crippen LogP contribution is -1.95. The summed E-state index contributed by atoms with van der Waals surface area (Å²) in [6.07, 6.45) is 10.3. The van der Waals surface area contributed by atoms with E-state index in [4.69, 9.17) is 0 Å². The molecule has 0 aromatic heterocycles. The zero-order chi connectivity index (χ0) is 8.10. The van der Waals surface area contributed by atoms with Crippen molar-refractivity contribution in [1.29, 1.82) is 0 Å². The second-order valence-corrected chi connectivity index (χ2v) is 2.94. The predicted molar refractivity (Wildman–Crippen MR) is 49.8 cm³/mol. The number of allylic oxidation sites excluding steroid dienone is 3. The molecule has 1 aliphatic heterocycles. The maximum atomic E-state index is 4.15. The molecule has 1 heterocycles. The van der Waals surface area contributed by atoms with E-state index in [2.05, 4.69) is 24.9 Å². The van der Waals surface area contributed by atoms with Gasteiger partial charge in [0, 0.05) is 12.4 Å². The van der Waals surface area contributed by atoms with E-state index in [1.807, 2.05) is 18.5 Å². The molecular formula is C10H15N. The summed E-state index contributed by atoms with van der Waals surface area (Å²) in [6.45, 7) is 4.46. The van der Waals surface area contributed by atoms with Gasteiger partial charge in [0.25, 0.3) is 0 Å². The van der Waals surface area contributed by atoms with Crippen LogP contribution >= 0.6 is 0 Å². The van der Waals surface area contributed by atoms with Gasteiger partial charge in [0.1, 0.15) is 0 Å². The summed E-state index contributed by atoms with van der Waals surface area (Å²) in [7, 11) is 0. The summed E-state index contributed by atoms with van der Waals surface area (Å²) < 4.78 is 0. The van der Waals surface area contributed by atoms with E-state index in [9.17, 15) is 0 Å². The summed E-state index contributed by atoms with van der Waals surface area (Å²) in [6, 6.07) is 0. The Labute approximate surface area is 68.5 Å². The Bertz CT molecular complexity index is 199. The number of rotatable bonds is 2. The maximum Gasteiger partial charge on any atom is 0.0265 e. The number of nitrogens with zero attached hydrogens (tertiary/aromatic N) is 1. The minimum absolute atomic E-state index is 0.676. The van der Waals surface area contributed by atoms with Gasteiger partial charge in [0.15, 0.2) is 0 Å². The van der Waals surface area contributed by atoms with E-state index in [1.165, 1.54) is 12.0 Å². The predicted octanol–water partition coefficient (Wildman–Crippen LogP) is 2.95. The van der Waals surface area contributed by atoms with Gasteiger partial charge in [-0.2, -0.15) is 0 Å². The van der Waals surface area contributed by atoms with Crippen molar-refractivity contribution in [2.75, 3.05) is 0 Å². The molecule has 1 rings (SSSR count). The van der Waals surface area contributed by atoms with Gasteiger partial charge in [-0.1, -0.05) is 19.9 Å². The van der Waals surface area contributed by atoms with Crippen LogP contribution in [0.25, 0.3) is 0 Å². The number of hydrogen-bond acceptors (Lipinski definition) is 1. The van der Waals surface area contributed by atoms with Crippen molar-refractivity contribution in [3.63, 3.8) is 0 Å². The number of hydrogen-bond donors (Lipinski definition) is 0. The molecular weight excluding hydrogens is 134 g/mol. The lowest BCUT2D eigenvalue weighted by atomic mass is 9.97. The summed E-state index contributed by atoms with van der Waals surface area (Å²) >= 11 is 0. The zero-order valence-electron chi connectivity index (χ0n) is 7.25. The fraction of sp³-hybridized carbons (Fsp3) is 0.500. The van der Waals surface area contributed by atoms with Gasteiger partial charge in [-0.25, -0.2) is 0 Å². The van der Waals surface area contributed by atoms with Crippen LogP contribution in [0, 0.1) is 5.92 Å². The third-order valence-electron chi connectivity index (χ3n) is 2.15. The van der Waals surface area contributed by atoms with Crippen LogP contribution in [0.5, 0.6) is 0 Å². The minimum atomic E-state index is 0.676. The molecule has 0 aliphatic carbocycles. The van der Waals surface area contributed by atoms with E-state index in [0.717, 1.165) is 6.42 Å². The molecule has 0 bridgehead atoms. The third kappa shape index (κ3) is 2.34. The monoisotopic (exact) mass is 149 g/mol. The molecule has 0 spiro atoms. The minimum Gasteiger partial charge on any atom is -0.265 e. The highest BCUT2D eigenvalue weighted by atomic mass is 14.7. The maximum absolute atomic E-state index is 4.15. The van der Waals surface area contributed by atoms with Crippen LogP contribution in [0.2, 0.25) is 0 Å². The van der Waals surface area contributed by atoms with Gasteiger partial charge in [0.2, 0.25) is 0 Å². The average Bonchev–Trinajstić information content (AvgIpc) is 2.30. The Morgan fingerprint density at radius 2 is 2.45 bits per heavy atom. The largest absolute Gasteiger partial charge is 0.265 e. The van der Waals surface area contributed by atoms with Gasteiger partial charge >= 0.3 is 0 Å². The molecule has 0 aromatic carbocycles. The van der Waals surface area contributed by atoms with Crippen LogP contribution in [-0.2, 0) is 0 Å². The van der Waals surface area contributed by atoms with Crippen LogP contribution in [0.1, 0.15) is 26.7 Å². The quantitative estimate of drug-likeness (QED) is 0.572. The van der Waals surface area contributed by atoms with Crippen LogP contribution in [-0.4, -0.2) is 6.21 Å². The second-order valence-electron chi connectivity index (χ2n) is 2.94. The highest BCUT2D eigenvalue weighted by molar-refractivity contribution is 5.72. The van der Waals surface area contributed by atoms with Crippen LogP contribution in [0.15, 0.2) is 28.9 Å².